The fourth-order valence-electron chi connectivity index (χ4n) is 6.67. The van der Waals surface area contributed by atoms with E-state index in [4.69, 9.17) is 28.7 Å². The molecule has 3 heterocycles. The second-order valence-corrected chi connectivity index (χ2v) is 13.4. The van der Waals surface area contributed by atoms with Gasteiger partial charge in [0.2, 0.25) is 11.8 Å². The number of fused-ring (bicyclic) bond motifs is 1. The number of hydrogen-bond acceptors (Lipinski definition) is 11. The molecular weight excluding hydrogens is 680 g/mol. The summed E-state index contributed by atoms with van der Waals surface area (Å²) in [4.78, 5) is 53.5. The van der Waals surface area contributed by atoms with Gasteiger partial charge >= 0.3 is 0 Å². The molecule has 2 aliphatic rings. The summed E-state index contributed by atoms with van der Waals surface area (Å²) in [5.41, 5.74) is 2.15. The molecule has 53 heavy (non-hydrogen) atoms. The molecule has 290 valence electrons. The lowest BCUT2D eigenvalue weighted by Crippen LogP contribution is -2.48. The van der Waals surface area contributed by atoms with Crippen LogP contribution < -0.4 is 10.5 Å². The molecule has 2 fully saturated rings. The minimum Gasteiger partial charge on any atom is -0.378 e. The maximum Gasteiger partial charge on any atom is 0.261 e. The molecule has 2 saturated heterocycles. The van der Waals surface area contributed by atoms with Crippen molar-refractivity contribution in [2.24, 2.45) is 0 Å². The van der Waals surface area contributed by atoms with E-state index in [-0.39, 0.29) is 36.0 Å². The number of benzene rings is 2. The molecule has 2 aliphatic heterocycles. The van der Waals surface area contributed by atoms with E-state index in [1.54, 1.807) is 22.9 Å². The molecule has 5 rings (SSSR count). The van der Waals surface area contributed by atoms with Gasteiger partial charge in [-0.25, -0.2) is 4.98 Å². The second kappa shape index (κ2) is 20.6. The number of para-hydroxylation sites is 2. The van der Waals surface area contributed by atoms with E-state index in [1.165, 1.54) is 4.57 Å². The SMILES string of the molecule is Cc1cccc2c(=O)n(CC(=O)N3CCOCC3)c(C(C)N3CCOCCOCCN(C(C)C(=O)N(C)c4ccccc4)CCOCCOCC3)nc12. The Morgan fingerprint density at radius 3 is 1.83 bits per heavy atom. The molecule has 14 nitrogen and oxygen atoms in total. The number of carbonyl (C=O) groups excluding carboxylic acids is 2. The zero-order valence-corrected chi connectivity index (χ0v) is 31.7. The average molecular weight is 737 g/mol. The standard InChI is InChI=1S/C39H56N6O8/c1-30-9-8-12-34-36(30)40-37(45(39(34)48)29-35(46)44-17-23-49-24-18-44)31(2)42-13-19-50-25-27-52-21-15-43(16-22-53-28-26-51-20-14-42)32(3)38(47)41(4)33-10-6-5-7-11-33/h5-12,31-32H,13-29H2,1-4H3. The molecule has 3 aromatic rings. The van der Waals surface area contributed by atoms with Crippen LogP contribution in [-0.4, -0.2) is 154 Å². The highest BCUT2D eigenvalue weighted by Gasteiger charge is 2.27. The molecule has 0 aliphatic carbocycles. The Kier molecular flexibility index (Phi) is 15.7. The van der Waals surface area contributed by atoms with Crippen molar-refractivity contribution < 1.29 is 33.3 Å². The van der Waals surface area contributed by atoms with E-state index < -0.39 is 0 Å². The number of rotatable bonds is 7. The Morgan fingerprint density at radius 2 is 1.25 bits per heavy atom. The van der Waals surface area contributed by atoms with Crippen LogP contribution in [0.5, 0.6) is 0 Å². The predicted octanol–water partition coefficient (Wildman–Crippen LogP) is 2.36. The van der Waals surface area contributed by atoms with Gasteiger partial charge in [0.05, 0.1) is 89.1 Å². The van der Waals surface area contributed by atoms with E-state index in [0.29, 0.717) is 122 Å². The molecule has 0 spiro atoms. The van der Waals surface area contributed by atoms with Crippen molar-refractivity contribution in [3.63, 3.8) is 0 Å². The van der Waals surface area contributed by atoms with E-state index in [2.05, 4.69) is 9.80 Å². The lowest BCUT2D eigenvalue weighted by molar-refractivity contribution is -0.136. The minimum atomic E-state index is -0.367. The third-order valence-corrected chi connectivity index (χ3v) is 10.0. The third-order valence-electron chi connectivity index (χ3n) is 10.0. The van der Waals surface area contributed by atoms with Crippen molar-refractivity contribution in [3.05, 3.63) is 70.3 Å². The smallest absolute Gasteiger partial charge is 0.261 e. The Labute approximate surface area is 312 Å². The lowest BCUT2D eigenvalue weighted by atomic mass is 10.1. The maximum atomic E-state index is 14.0. The topological polar surface area (TPSA) is 128 Å². The largest absolute Gasteiger partial charge is 0.378 e. The van der Waals surface area contributed by atoms with Crippen LogP contribution in [0.2, 0.25) is 0 Å². The van der Waals surface area contributed by atoms with E-state index in [0.717, 1.165) is 11.3 Å². The minimum absolute atomic E-state index is 0.00138. The van der Waals surface area contributed by atoms with E-state index in [9.17, 15) is 14.4 Å². The average Bonchev–Trinajstić information content (AvgIpc) is 3.18. The summed E-state index contributed by atoms with van der Waals surface area (Å²) in [5, 5.41) is 0.491. The van der Waals surface area contributed by atoms with Crippen LogP contribution in [0.3, 0.4) is 0 Å². The molecule has 14 heteroatoms. The van der Waals surface area contributed by atoms with Crippen molar-refractivity contribution in [1.29, 1.82) is 0 Å². The van der Waals surface area contributed by atoms with Gasteiger partial charge < -0.3 is 33.5 Å². The van der Waals surface area contributed by atoms with Gasteiger partial charge in [0, 0.05) is 52.0 Å². The summed E-state index contributed by atoms with van der Waals surface area (Å²) >= 11 is 0. The van der Waals surface area contributed by atoms with Crippen molar-refractivity contribution in [1.82, 2.24) is 24.3 Å². The Bertz CT molecular complexity index is 1650. The van der Waals surface area contributed by atoms with Crippen LogP contribution in [-0.2, 0) is 39.8 Å². The van der Waals surface area contributed by atoms with Gasteiger partial charge in [-0.1, -0.05) is 30.3 Å². The second-order valence-electron chi connectivity index (χ2n) is 13.4. The monoisotopic (exact) mass is 736 g/mol. The van der Waals surface area contributed by atoms with Crippen molar-refractivity contribution in [2.45, 2.75) is 39.4 Å². The number of morpholine rings is 1. The summed E-state index contributed by atoms with van der Waals surface area (Å²) < 4.78 is 30.9. The lowest BCUT2D eigenvalue weighted by Gasteiger charge is -2.32. The Morgan fingerprint density at radius 1 is 0.717 bits per heavy atom. The van der Waals surface area contributed by atoms with E-state index in [1.807, 2.05) is 63.2 Å². The summed E-state index contributed by atoms with van der Waals surface area (Å²) in [5.74, 6) is 0.394. The summed E-state index contributed by atoms with van der Waals surface area (Å²) in [7, 11) is 1.80. The van der Waals surface area contributed by atoms with Crippen LogP contribution in [0.15, 0.2) is 53.3 Å². The van der Waals surface area contributed by atoms with E-state index >= 15 is 0 Å². The quantitative estimate of drug-likeness (QED) is 0.355. The zero-order valence-electron chi connectivity index (χ0n) is 31.7. The number of aromatic nitrogens is 2. The zero-order chi connectivity index (χ0) is 37.6. The van der Waals surface area contributed by atoms with Crippen molar-refractivity contribution in [2.75, 3.05) is 117 Å². The number of anilines is 1. The highest BCUT2D eigenvalue weighted by Crippen LogP contribution is 2.22. The van der Waals surface area contributed by atoms with Gasteiger partial charge in [-0.15, -0.1) is 0 Å². The van der Waals surface area contributed by atoms with Crippen molar-refractivity contribution >= 4 is 28.4 Å². The third kappa shape index (κ3) is 11.1. The molecule has 0 saturated carbocycles. The van der Waals surface area contributed by atoms with Crippen LogP contribution >= 0.6 is 0 Å². The van der Waals surface area contributed by atoms with Crippen LogP contribution in [0, 0.1) is 6.92 Å². The first kappa shape index (κ1) is 40.4. The first-order valence-corrected chi connectivity index (χ1v) is 18.7. The summed E-state index contributed by atoms with van der Waals surface area (Å²) in [6.45, 7) is 13.3. The molecule has 2 atom stereocenters. The maximum absolute atomic E-state index is 14.0. The van der Waals surface area contributed by atoms with Gasteiger partial charge in [-0.2, -0.15) is 0 Å². The molecule has 0 bridgehead atoms. The number of hydrogen-bond donors (Lipinski definition) is 0. The fourth-order valence-corrected chi connectivity index (χ4v) is 6.67. The number of nitrogens with zero attached hydrogens (tertiary/aromatic N) is 6. The van der Waals surface area contributed by atoms with Crippen molar-refractivity contribution in [3.8, 4) is 0 Å². The van der Waals surface area contributed by atoms with Gasteiger partial charge in [0.15, 0.2) is 0 Å². The van der Waals surface area contributed by atoms with Gasteiger partial charge in [-0.3, -0.25) is 28.8 Å². The number of ether oxygens (including phenoxy) is 5. The highest BCUT2D eigenvalue weighted by atomic mass is 16.5. The molecule has 2 unspecified atom stereocenters. The summed E-state index contributed by atoms with van der Waals surface area (Å²) in [6.07, 6.45) is 0. The number of carbonyl (C=O) groups is 2. The first-order chi connectivity index (χ1) is 25.8. The predicted molar refractivity (Wildman–Crippen MR) is 202 cm³/mol. The fraction of sp³-hybridized carbons (Fsp3) is 0.590. The molecule has 2 amide bonds. The van der Waals surface area contributed by atoms with Crippen LogP contribution in [0.1, 0.15) is 31.3 Å². The number of likely N-dealkylation sites (N-methyl/N-ethyl adjacent to an activating group) is 1. The molecule has 0 N–H and O–H groups in total. The van der Waals surface area contributed by atoms with Crippen LogP contribution in [0.4, 0.5) is 5.69 Å². The Hall–Kier alpha value is -3.76. The highest BCUT2D eigenvalue weighted by molar-refractivity contribution is 5.96. The first-order valence-electron chi connectivity index (χ1n) is 18.7. The number of amides is 2. The number of aryl methyl sites for hydroxylation is 1. The molecule has 1 aromatic heterocycles. The normalized spacial score (nSPS) is 19.6. The van der Waals surface area contributed by atoms with Gasteiger partial charge in [-0.05, 0) is 44.5 Å². The molecular formula is C39H56N6O8. The molecule has 2 aromatic carbocycles. The Balaban J connectivity index is 1.23. The van der Waals surface area contributed by atoms with Gasteiger partial charge in [0.25, 0.3) is 5.56 Å². The summed E-state index contributed by atoms with van der Waals surface area (Å²) in [6, 6.07) is 14.5. The van der Waals surface area contributed by atoms with Gasteiger partial charge in [0.1, 0.15) is 12.4 Å². The molecule has 0 radical (unpaired) electrons. The van der Waals surface area contributed by atoms with Crippen LogP contribution in [0.25, 0.3) is 10.9 Å².